The number of esters is 1. The van der Waals surface area contributed by atoms with Crippen molar-refractivity contribution in [1.29, 1.82) is 5.26 Å². The highest BCUT2D eigenvalue weighted by Crippen LogP contribution is 2.32. The zero-order valence-electron chi connectivity index (χ0n) is 52.9. The normalized spacial score (nSPS) is 17.8. The SMILES string of the molecule is COC(=O)C[C@H](NC(=O)[C@H](CCCCNC(=O)CCCc1ccc(C)cc1)NC(=O)CN1CCN(CC(=O)O)CCN(CC(=O)O)CCN(CC(=O)O)CC1)C(=O)N1CCN(CCCCOc2ccc3nccc(C(=O)NCC(=O)N4CC(F)(F)C[C@@H]4C#N)c3c2)CC1. The van der Waals surface area contributed by atoms with Crippen LogP contribution in [0.5, 0.6) is 5.75 Å². The fourth-order valence-corrected chi connectivity index (χ4v) is 11.2. The molecule has 93 heavy (non-hydrogen) atoms. The largest absolute Gasteiger partial charge is 0.494 e. The van der Waals surface area contributed by atoms with Crippen molar-refractivity contribution in [1.82, 2.24) is 60.6 Å². The van der Waals surface area contributed by atoms with Crippen LogP contribution in [0.25, 0.3) is 10.9 Å². The van der Waals surface area contributed by atoms with Gasteiger partial charge in [-0.2, -0.15) is 5.26 Å². The number of rotatable bonds is 32. The first-order valence-electron chi connectivity index (χ1n) is 31.4. The Hall–Kier alpha value is -8.50. The minimum Gasteiger partial charge on any atom is -0.494 e. The summed E-state index contributed by atoms with van der Waals surface area (Å²) in [7, 11) is 1.15. The summed E-state index contributed by atoms with van der Waals surface area (Å²) < 4.78 is 38.9. The number of nitrogens with one attached hydrogen (secondary N) is 4. The summed E-state index contributed by atoms with van der Waals surface area (Å²) in [6.45, 7) is 3.01. The van der Waals surface area contributed by atoms with Gasteiger partial charge in [-0.25, -0.2) is 8.78 Å². The number of halogens is 2. The number of unbranched alkanes of at least 4 members (excludes halogenated alkanes) is 2. The lowest BCUT2D eigenvalue weighted by Gasteiger charge is -2.36. The molecule has 0 saturated carbocycles. The summed E-state index contributed by atoms with van der Waals surface area (Å²) in [5, 5.41) is 49.6. The van der Waals surface area contributed by atoms with Crippen molar-refractivity contribution >= 4 is 70.2 Å². The lowest BCUT2D eigenvalue weighted by atomic mass is 10.1. The van der Waals surface area contributed by atoms with Gasteiger partial charge in [0.25, 0.3) is 11.8 Å². The van der Waals surface area contributed by atoms with E-state index in [4.69, 9.17) is 9.47 Å². The fourth-order valence-electron chi connectivity index (χ4n) is 11.2. The number of benzene rings is 2. The first kappa shape index (κ1) is 73.6. The number of nitrogens with zero attached hydrogens (tertiary/aromatic N) is 9. The van der Waals surface area contributed by atoms with Crippen LogP contribution in [0.15, 0.2) is 54.7 Å². The van der Waals surface area contributed by atoms with E-state index in [-0.39, 0.29) is 116 Å². The molecule has 0 radical (unpaired) electrons. The molecule has 0 aliphatic carbocycles. The van der Waals surface area contributed by atoms with Crippen LogP contribution < -0.4 is 26.0 Å². The molecular weight excluding hydrogens is 1220 g/mol. The highest BCUT2D eigenvalue weighted by Gasteiger charge is 2.47. The number of ether oxygens (including phenoxy) is 2. The van der Waals surface area contributed by atoms with Crippen LogP contribution in [0.2, 0.25) is 0 Å². The second-order valence-electron chi connectivity index (χ2n) is 23.6. The number of hydrogen-bond acceptors (Lipinski definition) is 19. The third kappa shape index (κ3) is 25.5. The highest BCUT2D eigenvalue weighted by atomic mass is 19.3. The predicted molar refractivity (Wildman–Crippen MR) is 333 cm³/mol. The number of piperazine rings is 1. The summed E-state index contributed by atoms with van der Waals surface area (Å²) >= 11 is 0. The van der Waals surface area contributed by atoms with Gasteiger partial charge in [-0.05, 0) is 88.2 Å². The van der Waals surface area contributed by atoms with Crippen molar-refractivity contribution in [3.63, 3.8) is 0 Å². The van der Waals surface area contributed by atoms with Crippen molar-refractivity contribution in [3.8, 4) is 11.8 Å². The van der Waals surface area contributed by atoms with Gasteiger partial charge in [0.1, 0.15) is 23.9 Å². The number of aliphatic carboxylic acids is 3. The Morgan fingerprint density at radius 2 is 1.30 bits per heavy atom. The summed E-state index contributed by atoms with van der Waals surface area (Å²) in [6, 6.07) is 12.4. The number of fused-ring (bicyclic) bond motifs is 1. The van der Waals surface area contributed by atoms with Gasteiger partial charge in [0, 0.05) is 110 Å². The molecule has 2 aromatic carbocycles. The third-order valence-corrected chi connectivity index (χ3v) is 16.4. The smallest absolute Gasteiger partial charge is 0.317 e. The van der Waals surface area contributed by atoms with E-state index in [1.165, 1.54) is 12.3 Å². The first-order valence-corrected chi connectivity index (χ1v) is 31.4. The Kier molecular flexibility index (Phi) is 29.5. The maximum absolute atomic E-state index is 14.5. The van der Waals surface area contributed by atoms with Gasteiger partial charge in [-0.1, -0.05) is 29.8 Å². The van der Waals surface area contributed by atoms with Crippen molar-refractivity contribution in [2.45, 2.75) is 95.2 Å². The van der Waals surface area contributed by atoms with Gasteiger partial charge in [0.2, 0.25) is 29.5 Å². The molecule has 508 valence electrons. The lowest BCUT2D eigenvalue weighted by Crippen LogP contribution is -2.58. The minimum absolute atomic E-state index is 0.0564. The van der Waals surface area contributed by atoms with Crippen molar-refractivity contribution in [3.05, 3.63) is 71.4 Å². The molecule has 28 nitrogen and oxygen atoms in total. The number of aromatic nitrogens is 1. The molecule has 30 heteroatoms. The summed E-state index contributed by atoms with van der Waals surface area (Å²) in [4.78, 5) is 145. The fraction of sp³-hybridized carbons (Fsp3) is 0.587. The summed E-state index contributed by atoms with van der Waals surface area (Å²) in [5.74, 6) is -10.4. The van der Waals surface area contributed by atoms with Gasteiger partial charge >= 0.3 is 23.9 Å². The Balaban J connectivity index is 1.04. The Bertz CT molecular complexity index is 3060. The Morgan fingerprint density at radius 1 is 0.699 bits per heavy atom. The predicted octanol–water partition coefficient (Wildman–Crippen LogP) is 0.653. The standard InChI is InChI=1S/C63H87F2N13O15/c1-44-11-13-45(14-12-44)8-7-10-53(79)68-18-4-3-9-51(70-54(80)39-73-21-23-74(40-56(82)83)25-27-76(42-58(86)87)28-26-75(24-22-73)41-57(84)85)61(90)71-52(35-59(88)92-2)62(91)77-31-29-72(30-32-77)20-5-6-33-93-47-15-16-50-49(34-47)48(17-19-67-50)60(89)69-38-55(81)78-43-63(64,65)36-46(78)37-66/h11-17,19,34,46,51-52H,3-10,18,20-33,35-36,38-43H2,1-2H3,(H,68,79)(H,69,89)(H,70,80)(H,71,90)(H,82,83)(H,84,85)(H,86,87)/t46-,51+,52+/m1/s1. The molecule has 6 amide bonds. The van der Waals surface area contributed by atoms with Crippen LogP contribution in [0.3, 0.4) is 0 Å². The Labute approximate surface area is 538 Å². The number of alkyl halides is 2. The van der Waals surface area contributed by atoms with E-state index in [1.54, 1.807) is 48.8 Å². The molecule has 3 fully saturated rings. The maximum atomic E-state index is 14.5. The molecule has 0 spiro atoms. The highest BCUT2D eigenvalue weighted by molar-refractivity contribution is 6.07. The number of carbonyl (C=O) groups excluding carboxylic acids is 7. The molecule has 4 heterocycles. The average Bonchev–Trinajstić information content (AvgIpc) is 1.83. The minimum atomic E-state index is -3.20. The van der Waals surface area contributed by atoms with E-state index in [9.17, 15) is 77.3 Å². The molecule has 3 aliphatic heterocycles. The quantitative estimate of drug-likeness (QED) is 0.0333. The summed E-state index contributed by atoms with van der Waals surface area (Å²) in [6.07, 6.45) is 3.94. The molecule has 1 aromatic heterocycles. The van der Waals surface area contributed by atoms with E-state index in [1.807, 2.05) is 31.2 Å². The molecule has 3 aromatic rings. The van der Waals surface area contributed by atoms with Crippen LogP contribution in [-0.2, 0) is 54.3 Å². The molecule has 7 N–H and O–H groups in total. The van der Waals surface area contributed by atoms with E-state index >= 15 is 0 Å². The van der Waals surface area contributed by atoms with Gasteiger partial charge in [0.15, 0.2) is 0 Å². The second-order valence-corrected chi connectivity index (χ2v) is 23.6. The van der Waals surface area contributed by atoms with Gasteiger partial charge in [0.05, 0.1) is 76.6 Å². The average molecular weight is 1300 g/mol. The van der Waals surface area contributed by atoms with Gasteiger partial charge in [-0.3, -0.25) is 77.4 Å². The number of hydrogen-bond donors (Lipinski definition) is 7. The van der Waals surface area contributed by atoms with Crippen LogP contribution in [0, 0.1) is 18.3 Å². The van der Waals surface area contributed by atoms with Crippen LogP contribution in [-0.4, -0.2) is 283 Å². The van der Waals surface area contributed by atoms with E-state index in [0.717, 1.165) is 29.6 Å². The zero-order chi connectivity index (χ0) is 67.5. The molecule has 0 unspecified atom stereocenters. The van der Waals surface area contributed by atoms with Crippen molar-refractivity contribution in [2.75, 3.05) is 145 Å². The topological polar surface area (TPSA) is 357 Å². The van der Waals surface area contributed by atoms with Crippen molar-refractivity contribution in [2.24, 2.45) is 0 Å². The number of carboxylic acid groups (broad SMARTS) is 3. The van der Waals surface area contributed by atoms with Gasteiger partial charge < -0.3 is 55.9 Å². The molecule has 3 saturated heterocycles. The number of aryl methyl sites for hydroxylation is 2. The molecular formula is C63H87F2N13O15. The summed E-state index contributed by atoms with van der Waals surface area (Å²) in [5.41, 5.74) is 2.90. The van der Waals surface area contributed by atoms with E-state index in [2.05, 4.69) is 31.2 Å². The van der Waals surface area contributed by atoms with Crippen molar-refractivity contribution < 1.29 is 81.5 Å². The molecule has 6 rings (SSSR count). The number of carboxylic acids is 3. The zero-order valence-corrected chi connectivity index (χ0v) is 52.9. The second kappa shape index (κ2) is 37.3. The van der Waals surface area contributed by atoms with Crippen LogP contribution >= 0.6 is 0 Å². The van der Waals surface area contributed by atoms with E-state index in [0.29, 0.717) is 81.4 Å². The molecule has 3 atom stereocenters. The third-order valence-electron chi connectivity index (χ3n) is 16.4. The maximum Gasteiger partial charge on any atom is 0.317 e. The van der Waals surface area contributed by atoms with Crippen LogP contribution in [0.1, 0.15) is 79.3 Å². The number of pyridine rings is 1. The molecule has 0 bridgehead atoms. The van der Waals surface area contributed by atoms with Crippen LogP contribution in [0.4, 0.5) is 8.78 Å². The number of carbonyl (C=O) groups is 10. The number of amides is 6. The monoisotopic (exact) mass is 1300 g/mol. The number of methoxy groups -OCH3 is 1. The number of likely N-dealkylation sites (tertiary alicyclic amines) is 1. The van der Waals surface area contributed by atoms with Gasteiger partial charge in [-0.15, -0.1) is 0 Å². The first-order chi connectivity index (χ1) is 44.5. The molecule has 3 aliphatic rings. The number of nitriles is 1. The Morgan fingerprint density at radius 3 is 1.89 bits per heavy atom. The van der Waals surface area contributed by atoms with E-state index < -0.39 is 103 Å². The lowest BCUT2D eigenvalue weighted by molar-refractivity contribution is -0.147.